The molecule has 0 atom stereocenters. The van der Waals surface area contributed by atoms with Crippen molar-refractivity contribution in [3.05, 3.63) is 35.5 Å². The van der Waals surface area contributed by atoms with Crippen LogP contribution in [0.4, 0.5) is 0 Å². The van der Waals surface area contributed by atoms with Crippen LogP contribution in [0, 0.1) is 6.92 Å². The van der Waals surface area contributed by atoms with Gasteiger partial charge in [-0.3, -0.25) is 0 Å². The minimum absolute atomic E-state index is 0.0162. The van der Waals surface area contributed by atoms with Crippen molar-refractivity contribution in [2.45, 2.75) is 13.5 Å². The molecule has 7 heteroatoms. The maximum Gasteiger partial charge on any atom is 0.354 e. The summed E-state index contributed by atoms with van der Waals surface area (Å²) in [5.74, 6) is -0.528. The van der Waals surface area contributed by atoms with E-state index in [1.165, 1.54) is 13.3 Å². The van der Waals surface area contributed by atoms with Gasteiger partial charge in [0.1, 0.15) is 5.52 Å². The Hall–Kier alpha value is -2.93. The summed E-state index contributed by atoms with van der Waals surface area (Å²) in [4.78, 5) is 23.3. The lowest BCUT2D eigenvalue weighted by Crippen LogP contribution is -2.07. The van der Waals surface area contributed by atoms with Crippen molar-refractivity contribution in [3.8, 4) is 0 Å². The number of benzene rings is 1. The van der Waals surface area contributed by atoms with E-state index in [4.69, 9.17) is 9.15 Å². The number of fused-ring (bicyclic) bond motifs is 5. The zero-order chi connectivity index (χ0) is 16.1. The Labute approximate surface area is 129 Å². The second kappa shape index (κ2) is 4.79. The molecule has 0 saturated heterocycles. The van der Waals surface area contributed by atoms with Crippen molar-refractivity contribution >= 4 is 38.9 Å². The number of carboxylic acids is 1. The first-order chi connectivity index (χ1) is 11.1. The van der Waals surface area contributed by atoms with Gasteiger partial charge in [0.05, 0.1) is 18.3 Å². The van der Waals surface area contributed by atoms with Gasteiger partial charge < -0.3 is 19.2 Å². The molecule has 0 aliphatic heterocycles. The molecule has 0 spiro atoms. The smallest absolute Gasteiger partial charge is 0.354 e. The highest BCUT2D eigenvalue weighted by Gasteiger charge is 2.21. The van der Waals surface area contributed by atoms with Crippen LogP contribution in [0.2, 0.25) is 0 Å². The molecule has 4 aromatic rings. The van der Waals surface area contributed by atoms with Gasteiger partial charge in [-0.05, 0) is 12.1 Å². The number of aromatic nitrogens is 3. The summed E-state index contributed by atoms with van der Waals surface area (Å²) in [6.45, 7) is 1.92. The molecule has 0 bridgehead atoms. The van der Waals surface area contributed by atoms with Gasteiger partial charge in [0.2, 0.25) is 0 Å². The Balaban J connectivity index is 2.25. The molecule has 0 radical (unpaired) electrons. The van der Waals surface area contributed by atoms with E-state index in [1.807, 2.05) is 12.1 Å². The summed E-state index contributed by atoms with van der Waals surface area (Å²) in [5, 5.41) is 11.0. The summed E-state index contributed by atoms with van der Waals surface area (Å²) >= 11 is 0. The van der Waals surface area contributed by atoms with Crippen LogP contribution in [-0.2, 0) is 11.3 Å². The molecule has 3 heterocycles. The summed E-state index contributed by atoms with van der Waals surface area (Å²) in [5.41, 5.74) is 3.46. The largest absolute Gasteiger partial charge is 0.477 e. The molecule has 0 aliphatic rings. The number of aryl methyl sites for hydroxylation is 1. The molecule has 0 aliphatic carbocycles. The number of aromatic carboxylic acids is 1. The molecule has 7 nitrogen and oxygen atoms in total. The lowest BCUT2D eigenvalue weighted by molar-refractivity contribution is 0.0685. The van der Waals surface area contributed by atoms with Crippen LogP contribution in [0.3, 0.4) is 0 Å². The average Bonchev–Trinajstić information content (AvgIpc) is 3.06. The zero-order valence-corrected chi connectivity index (χ0v) is 12.5. The van der Waals surface area contributed by atoms with Crippen molar-refractivity contribution in [3.63, 3.8) is 0 Å². The van der Waals surface area contributed by atoms with E-state index in [2.05, 4.69) is 15.0 Å². The third kappa shape index (κ3) is 1.90. The normalized spacial score (nSPS) is 11.7. The van der Waals surface area contributed by atoms with E-state index >= 15 is 0 Å². The number of pyridine rings is 1. The fourth-order valence-electron chi connectivity index (χ4n) is 3.01. The predicted octanol–water partition coefficient (Wildman–Crippen LogP) is 3.01. The highest BCUT2D eigenvalue weighted by molar-refractivity contribution is 6.20. The zero-order valence-electron chi connectivity index (χ0n) is 12.5. The van der Waals surface area contributed by atoms with Gasteiger partial charge in [-0.15, -0.1) is 0 Å². The minimum atomic E-state index is -1.09. The summed E-state index contributed by atoms with van der Waals surface area (Å²) < 4.78 is 10.8. The molecule has 0 amide bonds. The van der Waals surface area contributed by atoms with Crippen LogP contribution in [0.25, 0.3) is 32.9 Å². The maximum atomic E-state index is 11.5. The Morgan fingerprint density at radius 2 is 2.17 bits per heavy atom. The summed E-state index contributed by atoms with van der Waals surface area (Å²) in [7, 11) is 1.52. The molecule has 23 heavy (non-hydrogen) atoms. The van der Waals surface area contributed by atoms with E-state index < -0.39 is 5.97 Å². The fourth-order valence-corrected chi connectivity index (χ4v) is 3.01. The Morgan fingerprint density at radius 1 is 1.35 bits per heavy atom. The van der Waals surface area contributed by atoms with Crippen LogP contribution in [0.1, 0.15) is 21.9 Å². The van der Waals surface area contributed by atoms with Crippen molar-refractivity contribution in [2.75, 3.05) is 7.11 Å². The second-order valence-electron chi connectivity index (χ2n) is 5.30. The average molecular weight is 311 g/mol. The van der Waals surface area contributed by atoms with Crippen molar-refractivity contribution < 1.29 is 19.1 Å². The monoisotopic (exact) mass is 311 g/mol. The number of hydrogen-bond donors (Lipinski definition) is 2. The number of aromatic amines is 1. The van der Waals surface area contributed by atoms with Crippen molar-refractivity contribution in [2.24, 2.45) is 0 Å². The van der Waals surface area contributed by atoms with Gasteiger partial charge >= 0.3 is 5.97 Å². The van der Waals surface area contributed by atoms with Crippen LogP contribution in [0.5, 0.6) is 0 Å². The molecular formula is C16H13N3O4. The topological polar surface area (TPSA) is 101 Å². The number of hydrogen-bond acceptors (Lipinski definition) is 5. The minimum Gasteiger partial charge on any atom is -0.477 e. The number of carboxylic acid groups (broad SMARTS) is 1. The van der Waals surface area contributed by atoms with Gasteiger partial charge in [-0.2, -0.15) is 0 Å². The van der Waals surface area contributed by atoms with Crippen LogP contribution in [0.15, 0.2) is 22.7 Å². The van der Waals surface area contributed by atoms with Gasteiger partial charge in [-0.25, -0.2) is 14.8 Å². The van der Waals surface area contributed by atoms with E-state index in [0.29, 0.717) is 22.6 Å². The van der Waals surface area contributed by atoms with Gasteiger partial charge in [-0.1, -0.05) is 0 Å². The molecule has 1 aromatic carbocycles. The molecule has 0 fully saturated rings. The molecule has 4 rings (SSSR count). The highest BCUT2D eigenvalue weighted by atomic mass is 16.5. The predicted molar refractivity (Wildman–Crippen MR) is 83.6 cm³/mol. The number of methoxy groups -OCH3 is 1. The maximum absolute atomic E-state index is 11.5. The number of carbonyl (C=O) groups is 1. The summed E-state index contributed by atoms with van der Waals surface area (Å²) in [6, 6.07) is 3.73. The Morgan fingerprint density at radius 3 is 2.91 bits per heavy atom. The standard InChI is InChI=1S/C16H13N3O4/c1-7-18-15-11(23-7)4-3-9-13(15)12-8(6-22-2)14(16(20)21)17-5-10(12)19-9/h3-5,19H,6H2,1-2H3,(H,20,21). The molecule has 0 unspecified atom stereocenters. The van der Waals surface area contributed by atoms with Crippen LogP contribution < -0.4 is 0 Å². The van der Waals surface area contributed by atoms with E-state index in [9.17, 15) is 9.90 Å². The number of ether oxygens (including phenoxy) is 1. The first kappa shape index (κ1) is 13.7. The molecule has 0 saturated carbocycles. The number of rotatable bonds is 3. The van der Waals surface area contributed by atoms with Crippen molar-refractivity contribution in [1.29, 1.82) is 0 Å². The second-order valence-corrected chi connectivity index (χ2v) is 5.30. The summed E-state index contributed by atoms with van der Waals surface area (Å²) in [6.07, 6.45) is 1.52. The van der Waals surface area contributed by atoms with E-state index in [0.717, 1.165) is 21.8 Å². The van der Waals surface area contributed by atoms with E-state index in [1.54, 1.807) is 6.92 Å². The lowest BCUT2D eigenvalue weighted by Gasteiger charge is -2.06. The van der Waals surface area contributed by atoms with Crippen LogP contribution in [-0.4, -0.2) is 33.1 Å². The molecule has 116 valence electrons. The Bertz CT molecular complexity index is 1080. The first-order valence-electron chi connectivity index (χ1n) is 7.01. The third-order valence-corrected chi connectivity index (χ3v) is 3.86. The SMILES string of the molecule is COCc1c(C(=O)O)ncc2[nH]c3ccc4oc(C)nc4c3c12. The third-order valence-electron chi connectivity index (χ3n) is 3.86. The quantitative estimate of drug-likeness (QED) is 0.603. The molecule has 3 aromatic heterocycles. The highest BCUT2D eigenvalue weighted by Crippen LogP contribution is 2.35. The Kier molecular flexibility index (Phi) is 2.85. The molecular weight excluding hydrogens is 298 g/mol. The number of nitrogens with one attached hydrogen (secondary N) is 1. The fraction of sp³-hybridized carbons (Fsp3) is 0.188. The number of H-pyrrole nitrogens is 1. The van der Waals surface area contributed by atoms with Gasteiger partial charge in [0.15, 0.2) is 17.2 Å². The van der Waals surface area contributed by atoms with Gasteiger partial charge in [0, 0.05) is 35.9 Å². The van der Waals surface area contributed by atoms with Crippen molar-refractivity contribution in [1.82, 2.24) is 15.0 Å². The number of nitrogens with zero attached hydrogens (tertiary/aromatic N) is 2. The molecule has 2 N–H and O–H groups in total. The number of oxazole rings is 1. The lowest BCUT2D eigenvalue weighted by atomic mass is 10.0. The first-order valence-corrected chi connectivity index (χ1v) is 7.01. The van der Waals surface area contributed by atoms with Crippen LogP contribution >= 0.6 is 0 Å². The van der Waals surface area contributed by atoms with E-state index in [-0.39, 0.29) is 12.3 Å². The van der Waals surface area contributed by atoms with Gasteiger partial charge in [0.25, 0.3) is 0 Å².